The van der Waals surface area contributed by atoms with Crippen molar-refractivity contribution in [2.24, 2.45) is 0 Å². The van der Waals surface area contributed by atoms with Crippen LogP contribution in [0.1, 0.15) is 23.2 Å². The molecule has 0 saturated carbocycles. The molecule has 0 spiro atoms. The van der Waals surface area contributed by atoms with Crippen LogP contribution in [0.4, 0.5) is 0 Å². The Bertz CT molecular complexity index is 586. The van der Waals surface area contributed by atoms with E-state index in [1.54, 1.807) is 12.1 Å². The van der Waals surface area contributed by atoms with Crippen LogP contribution >= 0.6 is 15.9 Å². The standard InChI is InChI=1S/C12H14BrNO4S/c13-10-2-1-8(7-11(10)15)12(16)14-9-3-5-19(17,18)6-4-9/h1-2,7,9,15H,3-6H2,(H,14,16). The lowest BCUT2D eigenvalue weighted by Gasteiger charge is -2.23. The first-order valence-corrected chi connectivity index (χ1v) is 8.48. The summed E-state index contributed by atoms with van der Waals surface area (Å²) < 4.78 is 23.1. The molecule has 1 aromatic carbocycles. The number of phenols is 1. The van der Waals surface area contributed by atoms with Crippen LogP contribution in [0.2, 0.25) is 0 Å². The van der Waals surface area contributed by atoms with Gasteiger partial charge in [0.25, 0.3) is 5.91 Å². The molecule has 1 heterocycles. The average molecular weight is 348 g/mol. The molecule has 1 aromatic rings. The molecule has 1 fully saturated rings. The van der Waals surface area contributed by atoms with Crippen LogP contribution in [0.25, 0.3) is 0 Å². The van der Waals surface area contributed by atoms with Crippen molar-refractivity contribution in [3.63, 3.8) is 0 Å². The maximum Gasteiger partial charge on any atom is 0.251 e. The lowest BCUT2D eigenvalue weighted by Crippen LogP contribution is -2.40. The van der Waals surface area contributed by atoms with Crippen molar-refractivity contribution in [1.29, 1.82) is 0 Å². The van der Waals surface area contributed by atoms with Crippen molar-refractivity contribution in [3.8, 4) is 5.75 Å². The van der Waals surface area contributed by atoms with E-state index >= 15 is 0 Å². The molecule has 0 atom stereocenters. The monoisotopic (exact) mass is 347 g/mol. The molecule has 1 saturated heterocycles. The van der Waals surface area contributed by atoms with Gasteiger partial charge in [0.1, 0.15) is 15.6 Å². The predicted molar refractivity (Wildman–Crippen MR) is 74.9 cm³/mol. The molecule has 2 N–H and O–H groups in total. The minimum atomic E-state index is -2.93. The summed E-state index contributed by atoms with van der Waals surface area (Å²) in [6.07, 6.45) is 0.882. The number of carbonyl (C=O) groups is 1. The number of sulfone groups is 1. The quantitative estimate of drug-likeness (QED) is 0.848. The van der Waals surface area contributed by atoms with Crippen LogP contribution in [0, 0.1) is 0 Å². The third kappa shape index (κ3) is 3.70. The number of nitrogens with one attached hydrogen (secondary N) is 1. The highest BCUT2D eigenvalue weighted by Crippen LogP contribution is 2.24. The zero-order chi connectivity index (χ0) is 14.0. The van der Waals surface area contributed by atoms with Gasteiger partial charge in [0.2, 0.25) is 0 Å². The molecule has 1 amide bonds. The summed E-state index contributed by atoms with van der Waals surface area (Å²) in [5, 5.41) is 12.3. The molecule has 0 aliphatic carbocycles. The van der Waals surface area contributed by atoms with Crippen molar-refractivity contribution in [3.05, 3.63) is 28.2 Å². The highest BCUT2D eigenvalue weighted by molar-refractivity contribution is 9.10. The number of halogens is 1. The first-order valence-electron chi connectivity index (χ1n) is 5.87. The van der Waals surface area contributed by atoms with Gasteiger partial charge in [-0.2, -0.15) is 0 Å². The molecule has 7 heteroatoms. The Morgan fingerprint density at radius 1 is 1.32 bits per heavy atom. The second-order valence-electron chi connectivity index (χ2n) is 4.57. The Morgan fingerprint density at radius 2 is 1.95 bits per heavy atom. The zero-order valence-electron chi connectivity index (χ0n) is 10.1. The molecular weight excluding hydrogens is 334 g/mol. The molecule has 0 aromatic heterocycles. The van der Waals surface area contributed by atoms with E-state index < -0.39 is 9.84 Å². The summed E-state index contributed by atoms with van der Waals surface area (Å²) in [6.45, 7) is 0. The van der Waals surface area contributed by atoms with E-state index in [9.17, 15) is 18.3 Å². The van der Waals surface area contributed by atoms with E-state index in [1.165, 1.54) is 6.07 Å². The van der Waals surface area contributed by atoms with E-state index in [0.717, 1.165) is 0 Å². The molecule has 0 radical (unpaired) electrons. The first-order chi connectivity index (χ1) is 8.87. The molecular formula is C12H14BrNO4S. The topological polar surface area (TPSA) is 83.5 Å². The second-order valence-corrected chi connectivity index (χ2v) is 7.72. The van der Waals surface area contributed by atoms with E-state index in [2.05, 4.69) is 21.2 Å². The van der Waals surface area contributed by atoms with Crippen LogP contribution in [-0.2, 0) is 9.84 Å². The summed E-state index contributed by atoms with van der Waals surface area (Å²) >= 11 is 3.14. The molecule has 2 rings (SSSR count). The fourth-order valence-electron chi connectivity index (χ4n) is 1.96. The van der Waals surface area contributed by atoms with Crippen molar-refractivity contribution in [2.75, 3.05) is 11.5 Å². The van der Waals surface area contributed by atoms with Crippen molar-refractivity contribution < 1.29 is 18.3 Å². The lowest BCUT2D eigenvalue weighted by atomic mass is 10.1. The van der Waals surface area contributed by atoms with Crippen molar-refractivity contribution in [1.82, 2.24) is 5.32 Å². The summed E-state index contributed by atoms with van der Waals surface area (Å²) in [6, 6.07) is 4.44. The van der Waals surface area contributed by atoms with Gasteiger partial charge in [-0.25, -0.2) is 8.42 Å². The van der Waals surface area contributed by atoms with Gasteiger partial charge in [-0.05, 0) is 47.0 Å². The fourth-order valence-corrected chi connectivity index (χ4v) is 3.70. The largest absolute Gasteiger partial charge is 0.507 e. The molecule has 0 bridgehead atoms. The maximum atomic E-state index is 12.0. The molecule has 0 unspecified atom stereocenters. The normalized spacial score (nSPS) is 19.0. The minimum Gasteiger partial charge on any atom is -0.507 e. The van der Waals surface area contributed by atoms with E-state index in [4.69, 9.17) is 0 Å². The number of amides is 1. The van der Waals surface area contributed by atoms with E-state index in [0.29, 0.717) is 22.9 Å². The fraction of sp³-hybridized carbons (Fsp3) is 0.417. The van der Waals surface area contributed by atoms with Crippen molar-refractivity contribution in [2.45, 2.75) is 18.9 Å². The van der Waals surface area contributed by atoms with Gasteiger partial charge in [-0.3, -0.25) is 4.79 Å². The van der Waals surface area contributed by atoms with Crippen LogP contribution in [0.5, 0.6) is 5.75 Å². The highest BCUT2D eigenvalue weighted by atomic mass is 79.9. The Hall–Kier alpha value is -1.08. The van der Waals surface area contributed by atoms with E-state index in [-0.39, 0.29) is 29.2 Å². The maximum absolute atomic E-state index is 12.0. The average Bonchev–Trinajstić information content (AvgIpc) is 2.35. The number of rotatable bonds is 2. The summed E-state index contributed by atoms with van der Waals surface area (Å²) in [7, 11) is -2.93. The Kier molecular flexibility index (Phi) is 4.15. The smallest absolute Gasteiger partial charge is 0.251 e. The van der Waals surface area contributed by atoms with Gasteiger partial charge < -0.3 is 10.4 Å². The number of aromatic hydroxyl groups is 1. The third-order valence-corrected chi connectivity index (χ3v) is 5.48. The SMILES string of the molecule is O=C(NC1CCS(=O)(=O)CC1)c1ccc(Br)c(O)c1. The van der Waals surface area contributed by atoms with Crippen LogP contribution in [0.3, 0.4) is 0 Å². The molecule has 104 valence electrons. The van der Waals surface area contributed by atoms with Gasteiger partial charge in [-0.1, -0.05) is 0 Å². The predicted octanol–water partition coefficient (Wildman–Crippen LogP) is 1.46. The molecule has 5 nitrogen and oxygen atoms in total. The number of phenolic OH excluding ortho intramolecular Hbond substituents is 1. The Balaban J connectivity index is 2.00. The van der Waals surface area contributed by atoms with E-state index in [1.807, 2.05) is 0 Å². The Labute approximate surface area is 120 Å². The summed E-state index contributed by atoms with van der Waals surface area (Å²) in [4.78, 5) is 12.0. The highest BCUT2D eigenvalue weighted by Gasteiger charge is 2.25. The Morgan fingerprint density at radius 3 is 2.53 bits per heavy atom. The lowest BCUT2D eigenvalue weighted by molar-refractivity contribution is 0.0934. The zero-order valence-corrected chi connectivity index (χ0v) is 12.5. The number of carbonyl (C=O) groups excluding carboxylic acids is 1. The number of hydrogen-bond acceptors (Lipinski definition) is 4. The molecule has 1 aliphatic heterocycles. The first kappa shape index (κ1) is 14.3. The van der Waals surface area contributed by atoms with Gasteiger partial charge >= 0.3 is 0 Å². The number of benzene rings is 1. The summed E-state index contributed by atoms with van der Waals surface area (Å²) in [5.74, 6) is -0.0708. The van der Waals surface area contributed by atoms with Gasteiger partial charge in [0, 0.05) is 11.6 Å². The van der Waals surface area contributed by atoms with Crippen molar-refractivity contribution >= 4 is 31.7 Å². The van der Waals surface area contributed by atoms with Crippen LogP contribution in [-0.4, -0.2) is 37.0 Å². The van der Waals surface area contributed by atoms with Gasteiger partial charge in [-0.15, -0.1) is 0 Å². The number of hydrogen-bond donors (Lipinski definition) is 2. The minimum absolute atomic E-state index is 0.00104. The van der Waals surface area contributed by atoms with Gasteiger partial charge in [0.05, 0.1) is 16.0 Å². The summed E-state index contributed by atoms with van der Waals surface area (Å²) in [5.41, 5.74) is 0.356. The second kappa shape index (κ2) is 5.50. The van der Waals surface area contributed by atoms with Crippen LogP contribution < -0.4 is 5.32 Å². The van der Waals surface area contributed by atoms with Gasteiger partial charge in [0.15, 0.2) is 0 Å². The molecule has 1 aliphatic rings. The third-order valence-electron chi connectivity index (χ3n) is 3.10. The van der Waals surface area contributed by atoms with Crippen LogP contribution in [0.15, 0.2) is 22.7 Å². The molecule has 19 heavy (non-hydrogen) atoms.